The topological polar surface area (TPSA) is 84.8 Å². The summed E-state index contributed by atoms with van der Waals surface area (Å²) in [5.41, 5.74) is 1.62. The van der Waals surface area contributed by atoms with Crippen LogP contribution >= 0.6 is 0 Å². The standard InChI is InChI=1S/C20H26N4O4/c1-23-9-3-4-17(23)18(24-10-12-28-13-11-24)14-21-19(25)20(26)22-15-5-7-16(27-2)8-6-15/h3-9,18H,10-14H2,1-2H3,(H,21,25)(H,22,26). The van der Waals surface area contributed by atoms with E-state index >= 15 is 0 Å². The zero-order valence-electron chi connectivity index (χ0n) is 16.2. The second-order valence-corrected chi connectivity index (χ2v) is 6.60. The number of morpholine rings is 1. The van der Waals surface area contributed by atoms with E-state index in [9.17, 15) is 9.59 Å². The fourth-order valence-corrected chi connectivity index (χ4v) is 3.26. The Kier molecular flexibility index (Phi) is 6.67. The molecule has 1 aliphatic rings. The molecule has 2 heterocycles. The highest BCUT2D eigenvalue weighted by Gasteiger charge is 2.26. The molecule has 1 saturated heterocycles. The van der Waals surface area contributed by atoms with Crippen molar-refractivity contribution in [3.8, 4) is 5.75 Å². The molecule has 2 amide bonds. The van der Waals surface area contributed by atoms with Gasteiger partial charge >= 0.3 is 11.8 Å². The summed E-state index contributed by atoms with van der Waals surface area (Å²) in [7, 11) is 3.54. The van der Waals surface area contributed by atoms with E-state index in [0.29, 0.717) is 31.2 Å². The molecule has 1 unspecified atom stereocenters. The summed E-state index contributed by atoms with van der Waals surface area (Å²) < 4.78 is 12.5. The molecule has 150 valence electrons. The van der Waals surface area contributed by atoms with Crippen molar-refractivity contribution in [2.75, 3.05) is 45.3 Å². The smallest absolute Gasteiger partial charge is 0.313 e. The summed E-state index contributed by atoms with van der Waals surface area (Å²) in [6, 6.07) is 10.8. The van der Waals surface area contributed by atoms with Crippen LogP contribution in [0.4, 0.5) is 5.69 Å². The quantitative estimate of drug-likeness (QED) is 0.728. The molecule has 2 N–H and O–H groups in total. The molecule has 3 rings (SSSR count). The van der Waals surface area contributed by atoms with Crippen molar-refractivity contribution < 1.29 is 19.1 Å². The first kappa shape index (κ1) is 19.9. The minimum atomic E-state index is -0.697. The fraction of sp³-hybridized carbons (Fsp3) is 0.400. The first-order chi connectivity index (χ1) is 13.6. The fourth-order valence-electron chi connectivity index (χ4n) is 3.26. The molecule has 1 aromatic heterocycles. The van der Waals surface area contributed by atoms with Gasteiger partial charge < -0.3 is 24.7 Å². The van der Waals surface area contributed by atoms with Gasteiger partial charge in [0.05, 0.1) is 26.4 Å². The van der Waals surface area contributed by atoms with Crippen molar-refractivity contribution in [2.45, 2.75) is 6.04 Å². The van der Waals surface area contributed by atoms with Crippen LogP contribution in [0.2, 0.25) is 0 Å². The Morgan fingerprint density at radius 3 is 2.46 bits per heavy atom. The van der Waals surface area contributed by atoms with E-state index in [1.54, 1.807) is 31.4 Å². The Morgan fingerprint density at radius 1 is 1.14 bits per heavy atom. The molecule has 0 spiro atoms. The lowest BCUT2D eigenvalue weighted by molar-refractivity contribution is -0.136. The summed E-state index contributed by atoms with van der Waals surface area (Å²) in [5, 5.41) is 5.36. The lowest BCUT2D eigenvalue weighted by Gasteiger charge is -2.34. The van der Waals surface area contributed by atoms with Crippen molar-refractivity contribution >= 4 is 17.5 Å². The van der Waals surface area contributed by atoms with E-state index in [1.807, 2.05) is 29.9 Å². The predicted molar refractivity (Wildman–Crippen MR) is 105 cm³/mol. The molecule has 8 heteroatoms. The predicted octanol–water partition coefficient (Wildman–Crippen LogP) is 1.16. The Balaban J connectivity index is 1.60. The summed E-state index contributed by atoms with van der Waals surface area (Å²) in [6.45, 7) is 3.22. The number of carbonyl (C=O) groups excluding carboxylic acids is 2. The van der Waals surface area contributed by atoms with Gasteiger partial charge in [-0.25, -0.2) is 0 Å². The third-order valence-electron chi connectivity index (χ3n) is 4.82. The molecule has 1 atom stereocenters. The lowest BCUT2D eigenvalue weighted by Crippen LogP contribution is -2.46. The molecule has 0 aliphatic carbocycles. The Labute approximate surface area is 164 Å². The second kappa shape index (κ2) is 9.38. The molecule has 0 radical (unpaired) electrons. The average molecular weight is 386 g/mol. The third-order valence-corrected chi connectivity index (χ3v) is 4.82. The van der Waals surface area contributed by atoms with Gasteiger partial charge in [0.2, 0.25) is 0 Å². The number of nitrogens with one attached hydrogen (secondary N) is 2. The van der Waals surface area contributed by atoms with Crippen LogP contribution in [0.3, 0.4) is 0 Å². The maximum absolute atomic E-state index is 12.3. The van der Waals surface area contributed by atoms with Gasteiger partial charge in [-0.1, -0.05) is 0 Å². The molecule has 1 aliphatic heterocycles. The zero-order chi connectivity index (χ0) is 19.9. The number of carbonyl (C=O) groups is 2. The normalized spacial score (nSPS) is 15.6. The largest absolute Gasteiger partial charge is 0.497 e. The zero-order valence-corrected chi connectivity index (χ0v) is 16.2. The van der Waals surface area contributed by atoms with E-state index in [1.165, 1.54) is 0 Å². The summed E-state index contributed by atoms with van der Waals surface area (Å²) in [5.74, 6) is -0.681. The molecular formula is C20H26N4O4. The monoisotopic (exact) mass is 386 g/mol. The molecular weight excluding hydrogens is 360 g/mol. The summed E-state index contributed by atoms with van der Waals surface area (Å²) in [4.78, 5) is 26.8. The molecule has 28 heavy (non-hydrogen) atoms. The second-order valence-electron chi connectivity index (χ2n) is 6.60. The molecule has 1 fully saturated rings. The number of hydrogen-bond acceptors (Lipinski definition) is 5. The highest BCUT2D eigenvalue weighted by Crippen LogP contribution is 2.21. The minimum Gasteiger partial charge on any atom is -0.497 e. The Morgan fingerprint density at radius 2 is 1.86 bits per heavy atom. The van der Waals surface area contributed by atoms with Crippen LogP contribution in [0, 0.1) is 0 Å². The first-order valence-corrected chi connectivity index (χ1v) is 9.24. The van der Waals surface area contributed by atoms with Gasteiger partial charge in [0, 0.05) is 44.3 Å². The minimum absolute atomic E-state index is 0.0263. The lowest BCUT2D eigenvalue weighted by atomic mass is 10.1. The number of benzene rings is 1. The number of amides is 2. The number of nitrogens with zero attached hydrogens (tertiary/aromatic N) is 2. The van der Waals surface area contributed by atoms with Gasteiger partial charge in [0.25, 0.3) is 0 Å². The highest BCUT2D eigenvalue weighted by atomic mass is 16.5. The van der Waals surface area contributed by atoms with Gasteiger partial charge in [-0.3, -0.25) is 14.5 Å². The Hall–Kier alpha value is -2.84. The molecule has 8 nitrogen and oxygen atoms in total. The van der Waals surface area contributed by atoms with Crippen LogP contribution in [0.15, 0.2) is 42.6 Å². The van der Waals surface area contributed by atoms with Crippen molar-refractivity contribution in [2.24, 2.45) is 7.05 Å². The summed E-state index contributed by atoms with van der Waals surface area (Å²) >= 11 is 0. The average Bonchev–Trinajstić information content (AvgIpc) is 3.15. The van der Waals surface area contributed by atoms with Gasteiger partial charge in [0.1, 0.15) is 5.75 Å². The van der Waals surface area contributed by atoms with Crippen LogP contribution in [-0.2, 0) is 21.4 Å². The SMILES string of the molecule is COc1ccc(NC(=O)C(=O)NCC(c2cccn2C)N2CCOCC2)cc1. The summed E-state index contributed by atoms with van der Waals surface area (Å²) in [6.07, 6.45) is 1.97. The van der Waals surface area contributed by atoms with Crippen LogP contribution in [0.25, 0.3) is 0 Å². The molecule has 0 bridgehead atoms. The van der Waals surface area contributed by atoms with Crippen molar-refractivity contribution in [1.82, 2.24) is 14.8 Å². The molecule has 1 aromatic carbocycles. The van der Waals surface area contributed by atoms with Crippen molar-refractivity contribution in [1.29, 1.82) is 0 Å². The number of anilines is 1. The van der Waals surface area contributed by atoms with E-state index in [-0.39, 0.29) is 6.04 Å². The van der Waals surface area contributed by atoms with Gasteiger partial charge in [-0.05, 0) is 36.4 Å². The molecule has 0 saturated carbocycles. The number of aromatic nitrogens is 1. The van der Waals surface area contributed by atoms with Crippen LogP contribution in [-0.4, -0.2) is 61.2 Å². The highest BCUT2D eigenvalue weighted by molar-refractivity contribution is 6.39. The van der Waals surface area contributed by atoms with Crippen molar-refractivity contribution in [3.63, 3.8) is 0 Å². The van der Waals surface area contributed by atoms with E-state index < -0.39 is 11.8 Å². The van der Waals surface area contributed by atoms with Gasteiger partial charge in [-0.15, -0.1) is 0 Å². The number of ether oxygens (including phenoxy) is 2. The first-order valence-electron chi connectivity index (χ1n) is 9.24. The van der Waals surface area contributed by atoms with Crippen LogP contribution in [0.1, 0.15) is 11.7 Å². The number of aryl methyl sites for hydroxylation is 1. The maximum atomic E-state index is 12.3. The van der Waals surface area contributed by atoms with E-state index in [4.69, 9.17) is 9.47 Å². The molecule has 2 aromatic rings. The maximum Gasteiger partial charge on any atom is 0.313 e. The van der Waals surface area contributed by atoms with Crippen molar-refractivity contribution in [3.05, 3.63) is 48.3 Å². The number of methoxy groups -OCH3 is 1. The van der Waals surface area contributed by atoms with E-state index in [2.05, 4.69) is 15.5 Å². The number of hydrogen-bond donors (Lipinski definition) is 2. The van der Waals surface area contributed by atoms with Gasteiger partial charge in [0.15, 0.2) is 0 Å². The Bertz CT molecular complexity index is 797. The van der Waals surface area contributed by atoms with E-state index in [0.717, 1.165) is 18.8 Å². The third kappa shape index (κ3) is 4.90. The van der Waals surface area contributed by atoms with Crippen LogP contribution < -0.4 is 15.4 Å². The van der Waals surface area contributed by atoms with Gasteiger partial charge in [-0.2, -0.15) is 0 Å². The number of rotatable bonds is 6. The van der Waals surface area contributed by atoms with Crippen LogP contribution in [0.5, 0.6) is 5.75 Å².